The van der Waals surface area contributed by atoms with E-state index in [0.717, 1.165) is 12.1 Å². The van der Waals surface area contributed by atoms with Crippen molar-refractivity contribution in [2.75, 3.05) is 11.3 Å². The second-order valence-corrected chi connectivity index (χ2v) is 8.55. The molecule has 0 fully saturated rings. The quantitative estimate of drug-likeness (QED) is 0.629. The van der Waals surface area contributed by atoms with Crippen LogP contribution in [-0.2, 0) is 10.0 Å². The number of nitrogens with one attached hydrogen (secondary N) is 2. The van der Waals surface area contributed by atoms with Gasteiger partial charge in [0.1, 0.15) is 5.82 Å². The Bertz CT molecular complexity index is 920. The van der Waals surface area contributed by atoms with Gasteiger partial charge in [0.2, 0.25) is 0 Å². The van der Waals surface area contributed by atoms with Crippen molar-refractivity contribution in [1.29, 1.82) is 0 Å². The third-order valence-corrected chi connectivity index (χ3v) is 5.98. The van der Waals surface area contributed by atoms with Crippen LogP contribution in [0.3, 0.4) is 0 Å². The molecule has 1 unspecified atom stereocenters. The zero-order valence-electron chi connectivity index (χ0n) is 15.9. The molecule has 0 radical (unpaired) electrons. The number of rotatable bonds is 7. The van der Waals surface area contributed by atoms with Crippen molar-refractivity contribution >= 4 is 34.0 Å². The van der Waals surface area contributed by atoms with Gasteiger partial charge in [-0.25, -0.2) is 12.8 Å². The predicted octanol–water partition coefficient (Wildman–Crippen LogP) is 3.15. The standard InChI is InChI=1S/C19H24FN3O3S.ClH/c1-13(2)19(3,12-21)22-18(24)14-5-4-6-17(11-14)27(25,26)23-16-9-7-15(20)8-10-16;/h4-11,13,23H,12,21H2,1-3H3,(H,22,24);1H. The first kappa shape index (κ1) is 23.9. The fraction of sp³-hybridized carbons (Fsp3) is 0.316. The number of sulfonamides is 1. The molecule has 0 aliphatic heterocycles. The molecule has 28 heavy (non-hydrogen) atoms. The molecule has 0 aromatic heterocycles. The highest BCUT2D eigenvalue weighted by Crippen LogP contribution is 2.19. The van der Waals surface area contributed by atoms with E-state index in [-0.39, 0.29) is 41.0 Å². The molecule has 0 saturated carbocycles. The van der Waals surface area contributed by atoms with Crippen LogP contribution < -0.4 is 15.8 Å². The lowest BCUT2D eigenvalue weighted by atomic mass is 9.88. The number of carbonyl (C=O) groups excluding carboxylic acids is 1. The molecule has 0 aliphatic rings. The van der Waals surface area contributed by atoms with Gasteiger partial charge < -0.3 is 11.1 Å². The molecule has 2 rings (SSSR count). The average Bonchev–Trinajstić information content (AvgIpc) is 2.63. The van der Waals surface area contributed by atoms with Crippen molar-refractivity contribution in [3.05, 3.63) is 59.9 Å². The Hall–Kier alpha value is -2.16. The van der Waals surface area contributed by atoms with Gasteiger partial charge in [0, 0.05) is 17.8 Å². The summed E-state index contributed by atoms with van der Waals surface area (Å²) < 4.78 is 40.4. The van der Waals surface area contributed by atoms with Crippen molar-refractivity contribution < 1.29 is 17.6 Å². The summed E-state index contributed by atoms with van der Waals surface area (Å²) in [5.41, 5.74) is 5.60. The molecule has 9 heteroatoms. The van der Waals surface area contributed by atoms with Gasteiger partial charge in [0.05, 0.1) is 10.4 Å². The Balaban J connectivity index is 0.00000392. The summed E-state index contributed by atoms with van der Waals surface area (Å²) in [7, 11) is -3.92. The van der Waals surface area contributed by atoms with E-state index in [2.05, 4.69) is 10.0 Å². The van der Waals surface area contributed by atoms with E-state index in [1.807, 2.05) is 20.8 Å². The molecule has 0 saturated heterocycles. The normalized spacial score (nSPS) is 13.4. The molecule has 0 bridgehead atoms. The third-order valence-electron chi connectivity index (χ3n) is 4.60. The average molecular weight is 430 g/mol. The number of hydrogen-bond donors (Lipinski definition) is 3. The van der Waals surface area contributed by atoms with Crippen LogP contribution in [-0.4, -0.2) is 26.4 Å². The summed E-state index contributed by atoms with van der Waals surface area (Å²) >= 11 is 0. The summed E-state index contributed by atoms with van der Waals surface area (Å²) in [6.45, 7) is 5.98. The predicted molar refractivity (Wildman–Crippen MR) is 111 cm³/mol. The lowest BCUT2D eigenvalue weighted by Crippen LogP contribution is -2.55. The number of amides is 1. The topological polar surface area (TPSA) is 101 Å². The Labute approximate surface area is 171 Å². The molecular formula is C19H25ClFN3O3S. The number of nitrogens with two attached hydrogens (primary N) is 1. The number of hydrogen-bond acceptors (Lipinski definition) is 4. The van der Waals surface area contributed by atoms with E-state index in [0.29, 0.717) is 0 Å². The first-order chi connectivity index (χ1) is 12.6. The minimum absolute atomic E-state index is 0. The van der Waals surface area contributed by atoms with Crippen LogP contribution in [0.2, 0.25) is 0 Å². The van der Waals surface area contributed by atoms with E-state index >= 15 is 0 Å². The van der Waals surface area contributed by atoms with Gasteiger partial charge in [-0.2, -0.15) is 0 Å². The summed E-state index contributed by atoms with van der Waals surface area (Å²) in [6, 6.07) is 10.6. The van der Waals surface area contributed by atoms with E-state index in [1.54, 1.807) is 0 Å². The molecule has 4 N–H and O–H groups in total. The smallest absolute Gasteiger partial charge is 0.261 e. The van der Waals surface area contributed by atoms with Crippen LogP contribution in [0.25, 0.3) is 0 Å². The van der Waals surface area contributed by atoms with Gasteiger partial charge in [-0.05, 0) is 55.3 Å². The summed E-state index contributed by atoms with van der Waals surface area (Å²) in [5, 5.41) is 2.87. The zero-order valence-corrected chi connectivity index (χ0v) is 17.5. The van der Waals surface area contributed by atoms with Crippen LogP contribution in [0.15, 0.2) is 53.4 Å². The largest absolute Gasteiger partial charge is 0.345 e. The Morgan fingerprint density at radius 3 is 2.32 bits per heavy atom. The minimum atomic E-state index is -3.92. The molecule has 1 atom stereocenters. The Kier molecular flexibility index (Phi) is 7.98. The van der Waals surface area contributed by atoms with Crippen LogP contribution >= 0.6 is 12.4 Å². The molecule has 0 heterocycles. The van der Waals surface area contributed by atoms with E-state index in [4.69, 9.17) is 5.73 Å². The highest BCUT2D eigenvalue weighted by atomic mass is 35.5. The lowest BCUT2D eigenvalue weighted by Gasteiger charge is -2.33. The highest BCUT2D eigenvalue weighted by molar-refractivity contribution is 7.92. The third kappa shape index (κ3) is 5.67. The van der Waals surface area contributed by atoms with E-state index < -0.39 is 27.3 Å². The summed E-state index contributed by atoms with van der Waals surface area (Å²) in [4.78, 5) is 12.5. The van der Waals surface area contributed by atoms with Crippen molar-refractivity contribution in [3.63, 3.8) is 0 Å². The van der Waals surface area contributed by atoms with E-state index in [1.165, 1.54) is 36.4 Å². The van der Waals surface area contributed by atoms with Gasteiger partial charge in [0.25, 0.3) is 15.9 Å². The lowest BCUT2D eigenvalue weighted by molar-refractivity contribution is 0.0883. The fourth-order valence-corrected chi connectivity index (χ4v) is 3.40. The first-order valence-corrected chi connectivity index (χ1v) is 9.97. The van der Waals surface area contributed by atoms with Crippen LogP contribution in [0.5, 0.6) is 0 Å². The molecular weight excluding hydrogens is 405 g/mol. The molecule has 1 amide bonds. The zero-order chi connectivity index (χ0) is 20.2. The first-order valence-electron chi connectivity index (χ1n) is 8.48. The fourth-order valence-electron chi connectivity index (χ4n) is 2.30. The van der Waals surface area contributed by atoms with Gasteiger partial charge in [-0.15, -0.1) is 12.4 Å². The van der Waals surface area contributed by atoms with Gasteiger partial charge in [0.15, 0.2) is 0 Å². The number of benzene rings is 2. The van der Waals surface area contributed by atoms with Crippen LogP contribution in [0.4, 0.5) is 10.1 Å². The number of anilines is 1. The van der Waals surface area contributed by atoms with Crippen LogP contribution in [0, 0.1) is 11.7 Å². The Morgan fingerprint density at radius 1 is 1.18 bits per heavy atom. The van der Waals surface area contributed by atoms with E-state index in [9.17, 15) is 17.6 Å². The molecule has 154 valence electrons. The minimum Gasteiger partial charge on any atom is -0.345 e. The van der Waals surface area contributed by atoms with Gasteiger partial charge in [-0.1, -0.05) is 19.9 Å². The van der Waals surface area contributed by atoms with Crippen LogP contribution in [0.1, 0.15) is 31.1 Å². The van der Waals surface area contributed by atoms with Crippen molar-refractivity contribution in [2.24, 2.45) is 11.7 Å². The monoisotopic (exact) mass is 429 g/mol. The van der Waals surface area contributed by atoms with Gasteiger partial charge >= 0.3 is 0 Å². The SMILES string of the molecule is CC(C)C(C)(CN)NC(=O)c1cccc(S(=O)(=O)Nc2ccc(F)cc2)c1.Cl. The maximum atomic E-state index is 13.0. The maximum Gasteiger partial charge on any atom is 0.261 e. The van der Waals surface area contributed by atoms with Gasteiger partial charge in [-0.3, -0.25) is 9.52 Å². The second-order valence-electron chi connectivity index (χ2n) is 6.87. The van der Waals surface area contributed by atoms with Crippen molar-refractivity contribution in [1.82, 2.24) is 5.32 Å². The molecule has 2 aromatic carbocycles. The molecule has 0 aliphatic carbocycles. The maximum absolute atomic E-state index is 13.0. The summed E-state index contributed by atoms with van der Waals surface area (Å²) in [5.74, 6) is -0.779. The molecule has 6 nitrogen and oxygen atoms in total. The molecule has 2 aromatic rings. The van der Waals surface area contributed by atoms with Crippen molar-refractivity contribution in [3.8, 4) is 0 Å². The number of halogens is 2. The Morgan fingerprint density at radius 2 is 1.79 bits per heavy atom. The highest BCUT2D eigenvalue weighted by Gasteiger charge is 2.29. The summed E-state index contributed by atoms with van der Waals surface area (Å²) in [6.07, 6.45) is 0. The van der Waals surface area contributed by atoms with Crippen molar-refractivity contribution in [2.45, 2.75) is 31.2 Å². The molecule has 0 spiro atoms. The number of carbonyl (C=O) groups is 1. The second kappa shape index (κ2) is 9.36.